The average Bonchev–Trinajstić information content (AvgIpc) is 2.05. The van der Waals surface area contributed by atoms with E-state index in [9.17, 15) is 0 Å². The monoisotopic (exact) mass is 129 g/mol. The van der Waals surface area contributed by atoms with Crippen LogP contribution < -0.4 is 5.32 Å². The van der Waals surface area contributed by atoms with Gasteiger partial charge in [0.2, 0.25) is 0 Å². The molecule has 0 saturated carbocycles. The molecule has 1 aliphatic rings. The van der Waals surface area contributed by atoms with Crippen LogP contribution in [0.4, 0.5) is 5.69 Å². The zero-order valence-electron chi connectivity index (χ0n) is 5.54. The molecule has 2 rings (SSSR count). The van der Waals surface area contributed by atoms with E-state index in [0.29, 0.717) is 0 Å². The van der Waals surface area contributed by atoms with Crippen LogP contribution in [-0.2, 0) is 0 Å². The third-order valence-electron chi connectivity index (χ3n) is 1.51. The lowest BCUT2D eigenvalue weighted by molar-refractivity contribution is 0.949. The van der Waals surface area contributed by atoms with E-state index in [1.54, 1.807) is 0 Å². The Morgan fingerprint density at radius 3 is 3.10 bits per heavy atom. The standard InChI is InChI=1S/C9H7N/c1-2-6-9-8(4-1)5-3-7-10-9/h1-4,6H,7H2. The van der Waals surface area contributed by atoms with Gasteiger partial charge in [0.1, 0.15) is 0 Å². The fraction of sp³-hybridized carbons (Fsp3) is 0.111. The fourth-order valence-corrected chi connectivity index (χ4v) is 1.03. The van der Waals surface area contributed by atoms with E-state index in [4.69, 9.17) is 0 Å². The number of benzene rings is 1. The molecule has 10 heavy (non-hydrogen) atoms. The van der Waals surface area contributed by atoms with Gasteiger partial charge in [-0.1, -0.05) is 24.3 Å². The third-order valence-corrected chi connectivity index (χ3v) is 1.51. The highest BCUT2D eigenvalue weighted by Crippen LogP contribution is 2.17. The van der Waals surface area contributed by atoms with E-state index in [1.165, 1.54) is 0 Å². The van der Waals surface area contributed by atoms with E-state index >= 15 is 0 Å². The van der Waals surface area contributed by atoms with Gasteiger partial charge in [0, 0.05) is 5.56 Å². The second-order valence-electron chi connectivity index (χ2n) is 2.21. The van der Waals surface area contributed by atoms with E-state index in [1.807, 2.05) is 30.3 Å². The molecule has 1 aromatic rings. The summed E-state index contributed by atoms with van der Waals surface area (Å²) in [6.45, 7) is 0.775. The van der Waals surface area contributed by atoms with Crippen molar-refractivity contribution in [3.63, 3.8) is 0 Å². The van der Waals surface area contributed by atoms with Crippen LogP contribution in [-0.4, -0.2) is 6.54 Å². The fourth-order valence-electron chi connectivity index (χ4n) is 1.03. The Balaban J connectivity index is 2.54. The molecule has 0 saturated heterocycles. The quantitative estimate of drug-likeness (QED) is 0.505. The van der Waals surface area contributed by atoms with E-state index in [0.717, 1.165) is 17.8 Å². The molecule has 48 valence electrons. The predicted octanol–water partition coefficient (Wildman–Crippen LogP) is 1.64. The summed E-state index contributed by atoms with van der Waals surface area (Å²) in [5.41, 5.74) is 2.17. The normalized spacial score (nSPS) is 14.0. The Morgan fingerprint density at radius 1 is 1.30 bits per heavy atom. The van der Waals surface area contributed by atoms with Crippen LogP contribution in [0.1, 0.15) is 5.56 Å². The Hall–Kier alpha value is -1.24. The van der Waals surface area contributed by atoms with Crippen LogP contribution in [0.5, 0.6) is 0 Å². The molecule has 1 aliphatic heterocycles. The first-order valence-corrected chi connectivity index (χ1v) is 3.31. The van der Waals surface area contributed by atoms with Gasteiger partial charge in [-0.15, -0.1) is 0 Å². The lowest BCUT2D eigenvalue weighted by Gasteiger charge is -2.07. The molecule has 1 nitrogen and oxygen atoms in total. The van der Waals surface area contributed by atoms with Gasteiger partial charge in [-0.3, -0.25) is 5.32 Å². The minimum absolute atomic E-state index is 0.775. The Bertz CT molecular complexity index is 263. The molecular formula is C9H7N. The highest BCUT2D eigenvalue weighted by Gasteiger charge is 2.01. The second kappa shape index (κ2) is 2.18. The third kappa shape index (κ3) is 0.798. The van der Waals surface area contributed by atoms with Gasteiger partial charge in [0.15, 0.2) is 0 Å². The number of fused-ring (bicyclic) bond motifs is 1. The molecule has 0 bridgehead atoms. The summed E-state index contributed by atoms with van der Waals surface area (Å²) >= 11 is 0. The number of hydrogen-bond donors (Lipinski definition) is 0. The summed E-state index contributed by atoms with van der Waals surface area (Å²) in [6, 6.07) is 8.03. The molecule has 1 aromatic carbocycles. The van der Waals surface area contributed by atoms with Gasteiger partial charge >= 0.3 is 0 Å². The lowest BCUT2D eigenvalue weighted by Crippen LogP contribution is -2.02. The highest BCUT2D eigenvalue weighted by molar-refractivity contribution is 5.50. The SMILES string of the molecule is [C]1=CC[N]c2ccccc21. The highest BCUT2D eigenvalue weighted by atomic mass is 14.9. The van der Waals surface area contributed by atoms with Gasteiger partial charge in [0.05, 0.1) is 12.2 Å². The lowest BCUT2D eigenvalue weighted by atomic mass is 10.1. The smallest absolute Gasteiger partial charge is 0.0656 e. The largest absolute Gasteiger partial charge is 0.281 e. The molecule has 1 heterocycles. The Morgan fingerprint density at radius 2 is 2.20 bits per heavy atom. The average molecular weight is 129 g/mol. The first kappa shape index (κ1) is 5.54. The molecule has 0 N–H and O–H groups in total. The van der Waals surface area contributed by atoms with E-state index in [-0.39, 0.29) is 0 Å². The Kier molecular flexibility index (Phi) is 1.21. The van der Waals surface area contributed by atoms with Crippen LogP contribution in [0.25, 0.3) is 0 Å². The molecule has 2 radical (unpaired) electrons. The molecule has 1 heteroatoms. The zero-order chi connectivity index (χ0) is 6.81. The Labute approximate surface area is 60.4 Å². The van der Waals surface area contributed by atoms with E-state index < -0.39 is 0 Å². The summed E-state index contributed by atoms with van der Waals surface area (Å²) in [5, 5.41) is 4.27. The second-order valence-corrected chi connectivity index (χ2v) is 2.21. The van der Waals surface area contributed by atoms with Crippen LogP contribution in [0.3, 0.4) is 0 Å². The maximum Gasteiger partial charge on any atom is 0.0656 e. The zero-order valence-corrected chi connectivity index (χ0v) is 5.54. The van der Waals surface area contributed by atoms with Gasteiger partial charge in [0.25, 0.3) is 0 Å². The summed E-state index contributed by atoms with van der Waals surface area (Å²) in [4.78, 5) is 0. The predicted molar refractivity (Wildman–Crippen MR) is 40.0 cm³/mol. The van der Waals surface area contributed by atoms with Crippen LogP contribution in [0.15, 0.2) is 30.3 Å². The van der Waals surface area contributed by atoms with Crippen molar-refractivity contribution in [1.29, 1.82) is 0 Å². The summed E-state index contributed by atoms with van der Waals surface area (Å²) < 4.78 is 0. The summed E-state index contributed by atoms with van der Waals surface area (Å²) in [5.74, 6) is 0. The molecule has 0 amide bonds. The van der Waals surface area contributed by atoms with Crippen molar-refractivity contribution in [2.24, 2.45) is 0 Å². The minimum Gasteiger partial charge on any atom is -0.281 e. The van der Waals surface area contributed by atoms with Crippen LogP contribution in [0.2, 0.25) is 0 Å². The van der Waals surface area contributed by atoms with Crippen molar-refractivity contribution in [3.8, 4) is 0 Å². The maximum absolute atomic E-state index is 4.27. The van der Waals surface area contributed by atoms with Crippen molar-refractivity contribution in [1.82, 2.24) is 5.32 Å². The topological polar surface area (TPSA) is 14.1 Å². The number of nitrogens with zero attached hydrogens (tertiary/aromatic N) is 1. The molecule has 0 unspecified atom stereocenters. The molecular weight excluding hydrogens is 122 g/mol. The number of rotatable bonds is 0. The summed E-state index contributed by atoms with van der Waals surface area (Å²) in [7, 11) is 0. The molecule has 0 atom stereocenters. The summed E-state index contributed by atoms with van der Waals surface area (Å²) in [6.07, 6.45) is 5.09. The van der Waals surface area contributed by atoms with Gasteiger partial charge < -0.3 is 0 Å². The van der Waals surface area contributed by atoms with Crippen molar-refractivity contribution >= 4 is 5.69 Å². The van der Waals surface area contributed by atoms with Crippen LogP contribution in [0, 0.1) is 6.08 Å². The number of hydrogen-bond acceptors (Lipinski definition) is 0. The van der Waals surface area contributed by atoms with E-state index in [2.05, 4.69) is 11.4 Å². The maximum atomic E-state index is 4.27. The number of para-hydroxylation sites is 1. The molecule has 0 fully saturated rings. The van der Waals surface area contributed by atoms with Gasteiger partial charge in [-0.05, 0) is 12.1 Å². The molecule has 0 spiro atoms. The minimum atomic E-state index is 0.775. The molecule has 0 aromatic heterocycles. The molecule has 0 aliphatic carbocycles. The first-order valence-electron chi connectivity index (χ1n) is 3.31. The van der Waals surface area contributed by atoms with Crippen molar-refractivity contribution in [3.05, 3.63) is 42.0 Å². The van der Waals surface area contributed by atoms with Crippen molar-refractivity contribution < 1.29 is 0 Å². The van der Waals surface area contributed by atoms with Gasteiger partial charge in [-0.2, -0.15) is 0 Å². The first-order chi connectivity index (χ1) is 4.97. The van der Waals surface area contributed by atoms with Crippen LogP contribution >= 0.6 is 0 Å². The van der Waals surface area contributed by atoms with Crippen molar-refractivity contribution in [2.45, 2.75) is 0 Å². The van der Waals surface area contributed by atoms with Crippen molar-refractivity contribution in [2.75, 3.05) is 6.54 Å². The van der Waals surface area contributed by atoms with Gasteiger partial charge in [-0.25, -0.2) is 0 Å².